The van der Waals surface area contributed by atoms with E-state index in [9.17, 15) is 9.18 Å². The van der Waals surface area contributed by atoms with E-state index < -0.39 is 0 Å². The summed E-state index contributed by atoms with van der Waals surface area (Å²) in [6.45, 7) is 9.30. The Hall–Kier alpha value is -1.93. The number of thioether (sulfide) groups is 1. The summed E-state index contributed by atoms with van der Waals surface area (Å²) in [5.74, 6) is 0.332. The van der Waals surface area contributed by atoms with Crippen LogP contribution in [0.25, 0.3) is 11.4 Å². The van der Waals surface area contributed by atoms with Crippen molar-refractivity contribution in [3.05, 3.63) is 30.1 Å². The SMILES string of the molecule is CCC(C)(C)NC(=O)C(C)Sc1nnc(-c2ccc(F)cc2)n1CC1CCCO1. The summed E-state index contributed by atoms with van der Waals surface area (Å²) in [7, 11) is 0. The molecule has 2 heterocycles. The lowest BCUT2D eigenvalue weighted by Crippen LogP contribution is -2.46. The second-order valence-electron chi connectivity index (χ2n) is 8.05. The molecular formula is C21H29FN4O2S. The van der Waals surface area contributed by atoms with Crippen LogP contribution < -0.4 is 5.32 Å². The molecule has 1 aromatic carbocycles. The van der Waals surface area contributed by atoms with Crippen LogP contribution >= 0.6 is 11.8 Å². The van der Waals surface area contributed by atoms with Gasteiger partial charge in [0, 0.05) is 17.7 Å². The van der Waals surface area contributed by atoms with Gasteiger partial charge in [0.1, 0.15) is 5.82 Å². The first kappa shape index (κ1) is 21.8. The molecule has 1 amide bonds. The van der Waals surface area contributed by atoms with Crippen LogP contribution in [0.5, 0.6) is 0 Å². The highest BCUT2D eigenvalue weighted by molar-refractivity contribution is 8.00. The molecule has 2 unspecified atom stereocenters. The van der Waals surface area contributed by atoms with Gasteiger partial charge in [-0.05, 0) is 64.3 Å². The van der Waals surface area contributed by atoms with Gasteiger partial charge in [0.05, 0.1) is 17.9 Å². The third-order valence-corrected chi connectivity index (χ3v) is 6.31. The second kappa shape index (κ2) is 9.26. The van der Waals surface area contributed by atoms with Gasteiger partial charge >= 0.3 is 0 Å². The van der Waals surface area contributed by atoms with Gasteiger partial charge in [-0.15, -0.1) is 10.2 Å². The maximum Gasteiger partial charge on any atom is 0.233 e. The van der Waals surface area contributed by atoms with Crippen molar-refractivity contribution >= 4 is 17.7 Å². The number of carbonyl (C=O) groups is 1. The van der Waals surface area contributed by atoms with E-state index in [2.05, 4.69) is 15.5 Å². The number of halogens is 1. The maximum absolute atomic E-state index is 13.3. The lowest BCUT2D eigenvalue weighted by Gasteiger charge is -2.26. The van der Waals surface area contributed by atoms with Crippen molar-refractivity contribution in [2.24, 2.45) is 0 Å². The molecular weight excluding hydrogens is 391 g/mol. The van der Waals surface area contributed by atoms with Crippen LogP contribution in [0, 0.1) is 5.82 Å². The number of nitrogens with one attached hydrogen (secondary N) is 1. The van der Waals surface area contributed by atoms with Crippen molar-refractivity contribution in [1.82, 2.24) is 20.1 Å². The lowest BCUT2D eigenvalue weighted by molar-refractivity contribution is -0.121. The molecule has 2 aromatic rings. The van der Waals surface area contributed by atoms with Gasteiger partial charge in [-0.25, -0.2) is 4.39 Å². The Morgan fingerprint density at radius 3 is 2.72 bits per heavy atom. The second-order valence-corrected chi connectivity index (χ2v) is 9.35. The highest BCUT2D eigenvalue weighted by atomic mass is 32.2. The number of amides is 1. The van der Waals surface area contributed by atoms with Crippen LogP contribution in [0.2, 0.25) is 0 Å². The fraction of sp³-hybridized carbons (Fsp3) is 0.571. The average Bonchev–Trinajstić information content (AvgIpc) is 3.33. The van der Waals surface area contributed by atoms with Gasteiger partial charge in [0.15, 0.2) is 11.0 Å². The summed E-state index contributed by atoms with van der Waals surface area (Å²) >= 11 is 1.38. The molecule has 0 bridgehead atoms. The predicted molar refractivity (Wildman–Crippen MR) is 112 cm³/mol. The Kier molecular flexibility index (Phi) is 6.95. The van der Waals surface area contributed by atoms with Gasteiger partial charge in [-0.2, -0.15) is 0 Å². The normalized spacial score (nSPS) is 18.0. The van der Waals surface area contributed by atoms with Crippen molar-refractivity contribution in [3.63, 3.8) is 0 Å². The minimum absolute atomic E-state index is 0.0307. The topological polar surface area (TPSA) is 69.0 Å². The van der Waals surface area contributed by atoms with E-state index in [-0.39, 0.29) is 28.6 Å². The molecule has 1 fully saturated rings. The molecule has 0 spiro atoms. The van der Waals surface area contributed by atoms with E-state index in [1.54, 1.807) is 12.1 Å². The zero-order valence-electron chi connectivity index (χ0n) is 17.4. The van der Waals surface area contributed by atoms with E-state index in [0.29, 0.717) is 17.5 Å². The van der Waals surface area contributed by atoms with Gasteiger partial charge in [0.2, 0.25) is 5.91 Å². The molecule has 2 atom stereocenters. The number of hydrogen-bond donors (Lipinski definition) is 1. The van der Waals surface area contributed by atoms with Crippen molar-refractivity contribution in [2.75, 3.05) is 6.61 Å². The Morgan fingerprint density at radius 1 is 1.38 bits per heavy atom. The standard InChI is InChI=1S/C21H29FN4O2S/c1-5-21(3,4)23-19(27)14(2)29-20-25-24-18(15-8-10-16(22)11-9-15)26(20)13-17-7-6-12-28-17/h8-11,14,17H,5-7,12-13H2,1-4H3,(H,23,27). The molecule has 29 heavy (non-hydrogen) atoms. The van der Waals surface area contributed by atoms with Crippen LogP contribution in [0.15, 0.2) is 29.4 Å². The smallest absolute Gasteiger partial charge is 0.233 e. The van der Waals surface area contributed by atoms with Gasteiger partial charge in [0.25, 0.3) is 0 Å². The summed E-state index contributed by atoms with van der Waals surface area (Å²) in [4.78, 5) is 12.6. The van der Waals surface area contributed by atoms with Gasteiger partial charge in [-0.1, -0.05) is 18.7 Å². The van der Waals surface area contributed by atoms with Crippen molar-refractivity contribution in [1.29, 1.82) is 0 Å². The van der Waals surface area contributed by atoms with E-state index in [0.717, 1.165) is 31.4 Å². The van der Waals surface area contributed by atoms with E-state index >= 15 is 0 Å². The maximum atomic E-state index is 13.3. The number of aromatic nitrogens is 3. The summed E-state index contributed by atoms with van der Waals surface area (Å²) < 4.78 is 21.1. The van der Waals surface area contributed by atoms with E-state index in [1.807, 2.05) is 32.3 Å². The molecule has 1 saturated heterocycles. The number of benzene rings is 1. The first-order valence-electron chi connectivity index (χ1n) is 10.1. The third-order valence-electron chi connectivity index (χ3n) is 5.23. The number of rotatable bonds is 8. The van der Waals surface area contributed by atoms with Gasteiger partial charge in [-0.3, -0.25) is 9.36 Å². The average molecular weight is 421 g/mol. The highest BCUT2D eigenvalue weighted by Gasteiger charge is 2.26. The Morgan fingerprint density at radius 2 is 2.10 bits per heavy atom. The molecule has 158 valence electrons. The predicted octanol–water partition coefficient (Wildman–Crippen LogP) is 4.05. The van der Waals surface area contributed by atoms with E-state index in [4.69, 9.17) is 4.74 Å². The minimum atomic E-state index is -0.325. The molecule has 0 saturated carbocycles. The van der Waals surface area contributed by atoms with Crippen molar-refractivity contribution in [2.45, 2.75) is 75.6 Å². The molecule has 1 aliphatic rings. The monoisotopic (exact) mass is 420 g/mol. The highest BCUT2D eigenvalue weighted by Crippen LogP contribution is 2.29. The molecule has 1 aromatic heterocycles. The number of carbonyl (C=O) groups excluding carboxylic acids is 1. The fourth-order valence-corrected chi connectivity index (χ4v) is 3.94. The summed E-state index contributed by atoms with van der Waals surface area (Å²) in [5.41, 5.74) is 0.532. The van der Waals surface area contributed by atoms with Crippen molar-refractivity contribution < 1.29 is 13.9 Å². The summed E-state index contributed by atoms with van der Waals surface area (Å²) in [5, 5.41) is 12.1. The van der Waals surface area contributed by atoms with Crippen LogP contribution in [0.1, 0.15) is 47.0 Å². The molecule has 8 heteroatoms. The van der Waals surface area contributed by atoms with E-state index in [1.165, 1.54) is 23.9 Å². The Bertz CT molecular complexity index is 832. The number of nitrogens with zero attached hydrogens (tertiary/aromatic N) is 3. The zero-order valence-corrected chi connectivity index (χ0v) is 18.3. The van der Waals surface area contributed by atoms with Crippen LogP contribution in [-0.4, -0.2) is 44.2 Å². The van der Waals surface area contributed by atoms with Crippen LogP contribution in [0.3, 0.4) is 0 Å². The Balaban J connectivity index is 1.83. The summed E-state index contributed by atoms with van der Waals surface area (Å²) in [6.07, 6.45) is 2.95. The molecule has 0 radical (unpaired) electrons. The largest absolute Gasteiger partial charge is 0.376 e. The molecule has 0 aliphatic carbocycles. The molecule has 1 N–H and O–H groups in total. The number of hydrogen-bond acceptors (Lipinski definition) is 5. The third kappa shape index (κ3) is 5.57. The lowest BCUT2D eigenvalue weighted by atomic mass is 10.0. The van der Waals surface area contributed by atoms with Crippen molar-refractivity contribution in [3.8, 4) is 11.4 Å². The first-order valence-corrected chi connectivity index (χ1v) is 11.0. The zero-order chi connectivity index (χ0) is 21.0. The fourth-order valence-electron chi connectivity index (χ4n) is 3.08. The minimum Gasteiger partial charge on any atom is -0.376 e. The quantitative estimate of drug-likeness (QED) is 0.653. The first-order chi connectivity index (χ1) is 13.8. The van der Waals surface area contributed by atoms with Crippen LogP contribution in [-0.2, 0) is 16.1 Å². The molecule has 3 rings (SSSR count). The number of ether oxygens (including phenoxy) is 1. The summed E-state index contributed by atoms with van der Waals surface area (Å²) in [6, 6.07) is 6.21. The molecule has 1 aliphatic heterocycles. The Labute approximate surface area is 175 Å². The molecule has 6 nitrogen and oxygen atoms in total. The van der Waals surface area contributed by atoms with Gasteiger partial charge < -0.3 is 10.1 Å². The van der Waals surface area contributed by atoms with Crippen LogP contribution in [0.4, 0.5) is 4.39 Å².